The highest BCUT2D eigenvalue weighted by molar-refractivity contribution is 5.91. The Balaban J connectivity index is 2.64. The van der Waals surface area contributed by atoms with Crippen molar-refractivity contribution in [1.29, 1.82) is 0 Å². The summed E-state index contributed by atoms with van der Waals surface area (Å²) in [5, 5.41) is 12.0. The predicted molar refractivity (Wildman–Crippen MR) is 74.4 cm³/mol. The van der Waals surface area contributed by atoms with E-state index in [0.717, 1.165) is 23.2 Å². The van der Waals surface area contributed by atoms with E-state index in [1.807, 2.05) is 25.1 Å². The van der Waals surface area contributed by atoms with Crippen molar-refractivity contribution in [3.05, 3.63) is 29.3 Å². The molecular weight excluding hydrogens is 226 g/mol. The molecule has 1 aromatic carbocycles. The van der Waals surface area contributed by atoms with Crippen molar-refractivity contribution >= 4 is 11.6 Å². The third kappa shape index (κ3) is 4.88. The summed E-state index contributed by atoms with van der Waals surface area (Å²) in [4.78, 5) is 11.8. The van der Waals surface area contributed by atoms with Gasteiger partial charge in [0.25, 0.3) is 0 Å². The van der Waals surface area contributed by atoms with Gasteiger partial charge in [0.15, 0.2) is 0 Å². The van der Waals surface area contributed by atoms with E-state index in [0.29, 0.717) is 6.42 Å². The summed E-state index contributed by atoms with van der Waals surface area (Å²) in [5.74, 6) is 0.0307. The number of hydrogen-bond acceptors (Lipinski definition) is 2. The maximum absolute atomic E-state index is 11.8. The van der Waals surface area contributed by atoms with Crippen LogP contribution in [-0.4, -0.2) is 11.0 Å². The van der Waals surface area contributed by atoms with Gasteiger partial charge in [-0.3, -0.25) is 4.79 Å². The summed E-state index contributed by atoms with van der Waals surface area (Å²) in [6.07, 6.45) is 1.38. The maximum Gasteiger partial charge on any atom is 0.224 e. The molecule has 0 heterocycles. The molecule has 3 nitrogen and oxygen atoms in total. The molecule has 0 atom stereocenters. The number of amides is 1. The van der Waals surface area contributed by atoms with Crippen LogP contribution >= 0.6 is 0 Å². The maximum atomic E-state index is 11.8. The van der Waals surface area contributed by atoms with E-state index in [-0.39, 0.29) is 17.9 Å². The molecule has 1 rings (SSSR count). The summed E-state index contributed by atoms with van der Waals surface area (Å²) >= 11 is 0. The normalized spacial score (nSPS) is 11.4. The van der Waals surface area contributed by atoms with Gasteiger partial charge in [0.1, 0.15) is 0 Å². The number of carbonyl (C=O) groups excluding carboxylic acids is 1. The van der Waals surface area contributed by atoms with Crippen molar-refractivity contribution < 1.29 is 9.90 Å². The zero-order chi connectivity index (χ0) is 13.8. The molecule has 0 aliphatic heterocycles. The van der Waals surface area contributed by atoms with E-state index in [9.17, 15) is 4.79 Å². The smallest absolute Gasteiger partial charge is 0.224 e. The molecule has 0 aliphatic carbocycles. The van der Waals surface area contributed by atoms with Crippen LogP contribution in [0.25, 0.3) is 0 Å². The molecule has 100 valence electrons. The first-order valence-electron chi connectivity index (χ1n) is 6.32. The Labute approximate surface area is 109 Å². The van der Waals surface area contributed by atoms with Crippen molar-refractivity contribution in [2.24, 2.45) is 5.41 Å². The molecule has 1 aromatic rings. The van der Waals surface area contributed by atoms with Gasteiger partial charge in [0, 0.05) is 12.1 Å². The van der Waals surface area contributed by atoms with Crippen molar-refractivity contribution in [3.63, 3.8) is 0 Å². The fourth-order valence-corrected chi connectivity index (χ4v) is 1.60. The molecule has 3 heteroatoms. The molecule has 1 amide bonds. The van der Waals surface area contributed by atoms with Crippen LogP contribution in [0.4, 0.5) is 5.69 Å². The molecule has 0 fully saturated rings. The quantitative estimate of drug-likeness (QED) is 0.860. The van der Waals surface area contributed by atoms with Gasteiger partial charge < -0.3 is 10.4 Å². The first-order valence-corrected chi connectivity index (χ1v) is 6.32. The van der Waals surface area contributed by atoms with Crippen LogP contribution in [0, 0.1) is 12.3 Å². The third-order valence-electron chi connectivity index (χ3n) is 2.86. The zero-order valence-corrected chi connectivity index (χ0v) is 11.7. The average Bonchev–Trinajstić information content (AvgIpc) is 2.28. The fourth-order valence-electron chi connectivity index (χ4n) is 1.60. The Hall–Kier alpha value is -1.35. The van der Waals surface area contributed by atoms with E-state index in [1.54, 1.807) is 0 Å². The van der Waals surface area contributed by atoms with Gasteiger partial charge in [-0.25, -0.2) is 0 Å². The van der Waals surface area contributed by atoms with Crippen molar-refractivity contribution in [2.75, 3.05) is 5.32 Å². The van der Waals surface area contributed by atoms with E-state index in [2.05, 4.69) is 26.1 Å². The number of aliphatic hydroxyl groups is 1. The van der Waals surface area contributed by atoms with Gasteiger partial charge >= 0.3 is 0 Å². The number of anilines is 1. The van der Waals surface area contributed by atoms with Gasteiger partial charge in [-0.1, -0.05) is 32.9 Å². The highest BCUT2D eigenvalue weighted by Crippen LogP contribution is 2.22. The highest BCUT2D eigenvalue weighted by atomic mass is 16.3. The topological polar surface area (TPSA) is 49.3 Å². The first-order chi connectivity index (χ1) is 8.31. The number of aryl methyl sites for hydroxylation is 1. The lowest BCUT2D eigenvalue weighted by Gasteiger charge is -2.17. The standard InChI is InChI=1S/C15H23NO2/c1-11-5-6-12(10-17)9-13(11)16-14(18)7-8-15(2,3)4/h5-6,9,17H,7-8,10H2,1-4H3,(H,16,18). The lowest BCUT2D eigenvalue weighted by molar-refractivity contribution is -0.116. The number of rotatable bonds is 4. The van der Waals surface area contributed by atoms with Crippen LogP contribution in [0.5, 0.6) is 0 Å². The van der Waals surface area contributed by atoms with Crippen LogP contribution in [-0.2, 0) is 11.4 Å². The summed E-state index contributed by atoms with van der Waals surface area (Å²) in [5.41, 5.74) is 2.78. The molecule has 0 aliphatic rings. The van der Waals surface area contributed by atoms with Gasteiger partial charge in [0.05, 0.1) is 6.61 Å². The van der Waals surface area contributed by atoms with Gasteiger partial charge in [-0.2, -0.15) is 0 Å². The minimum Gasteiger partial charge on any atom is -0.392 e. The molecule has 0 aromatic heterocycles. The highest BCUT2D eigenvalue weighted by Gasteiger charge is 2.13. The van der Waals surface area contributed by atoms with E-state index in [4.69, 9.17) is 5.11 Å². The number of carbonyl (C=O) groups is 1. The van der Waals surface area contributed by atoms with E-state index >= 15 is 0 Å². The van der Waals surface area contributed by atoms with Crippen LogP contribution in [0.1, 0.15) is 44.7 Å². The van der Waals surface area contributed by atoms with Crippen molar-refractivity contribution in [3.8, 4) is 0 Å². The number of nitrogens with one attached hydrogen (secondary N) is 1. The monoisotopic (exact) mass is 249 g/mol. The van der Waals surface area contributed by atoms with Gasteiger partial charge in [-0.15, -0.1) is 0 Å². The number of aliphatic hydroxyl groups excluding tert-OH is 1. The zero-order valence-electron chi connectivity index (χ0n) is 11.7. The predicted octanol–water partition coefficient (Wildman–Crippen LogP) is 3.25. The van der Waals surface area contributed by atoms with Crippen molar-refractivity contribution in [1.82, 2.24) is 0 Å². The van der Waals surface area contributed by atoms with E-state index in [1.165, 1.54) is 0 Å². The molecule has 0 saturated heterocycles. The molecule has 2 N–H and O–H groups in total. The second-order valence-electron chi connectivity index (χ2n) is 5.92. The van der Waals surface area contributed by atoms with Crippen molar-refractivity contribution in [2.45, 2.75) is 47.1 Å². The van der Waals surface area contributed by atoms with Crippen LogP contribution in [0.15, 0.2) is 18.2 Å². The lowest BCUT2D eigenvalue weighted by Crippen LogP contribution is -2.16. The lowest BCUT2D eigenvalue weighted by atomic mass is 9.90. The van der Waals surface area contributed by atoms with Crippen LogP contribution in [0.3, 0.4) is 0 Å². The molecule has 18 heavy (non-hydrogen) atoms. The Morgan fingerprint density at radius 2 is 2.00 bits per heavy atom. The SMILES string of the molecule is Cc1ccc(CO)cc1NC(=O)CCC(C)(C)C. The third-order valence-corrected chi connectivity index (χ3v) is 2.86. The minimum absolute atomic E-state index is 0.00879. The summed E-state index contributed by atoms with van der Waals surface area (Å²) in [6.45, 7) is 8.30. The molecular formula is C15H23NO2. The fraction of sp³-hybridized carbons (Fsp3) is 0.533. The number of hydrogen-bond donors (Lipinski definition) is 2. The van der Waals surface area contributed by atoms with Crippen LogP contribution in [0.2, 0.25) is 0 Å². The Morgan fingerprint density at radius 1 is 1.33 bits per heavy atom. The molecule has 0 saturated carbocycles. The summed E-state index contributed by atoms with van der Waals surface area (Å²) in [7, 11) is 0. The van der Waals surface area contributed by atoms with Crippen LogP contribution < -0.4 is 5.32 Å². The molecule has 0 radical (unpaired) electrons. The second kappa shape index (κ2) is 6.01. The Kier molecular flexibility index (Phi) is 4.91. The average molecular weight is 249 g/mol. The summed E-state index contributed by atoms with van der Waals surface area (Å²) in [6, 6.07) is 5.59. The largest absolute Gasteiger partial charge is 0.392 e. The molecule has 0 spiro atoms. The molecule has 0 bridgehead atoms. The summed E-state index contributed by atoms with van der Waals surface area (Å²) < 4.78 is 0. The Morgan fingerprint density at radius 3 is 2.56 bits per heavy atom. The van der Waals surface area contributed by atoms with E-state index < -0.39 is 0 Å². The Bertz CT molecular complexity index is 419. The van der Waals surface area contributed by atoms with Gasteiger partial charge in [0.2, 0.25) is 5.91 Å². The number of benzene rings is 1. The molecule has 0 unspecified atom stereocenters. The second-order valence-corrected chi connectivity index (χ2v) is 5.92. The minimum atomic E-state index is -0.00879. The first kappa shape index (κ1) is 14.7. The van der Waals surface area contributed by atoms with Gasteiger partial charge in [-0.05, 0) is 36.0 Å².